The maximum Gasteiger partial charge on any atom is -0.0233 e. The van der Waals surface area contributed by atoms with E-state index < -0.39 is 0 Å². The zero-order chi connectivity index (χ0) is 11.1. The molecule has 0 saturated heterocycles. The minimum atomic E-state index is 1.15. The highest BCUT2D eigenvalue weighted by molar-refractivity contribution is 5.61. The third kappa shape index (κ3) is 4.33. The standard InChI is InChI=1S/C15H22/c1-4-5-6-7-8-14-9-11-15(12-10-14)13(2)3/h9-12H,2,4-8H2,1,3H3. The monoisotopic (exact) mass is 202 g/mol. The maximum absolute atomic E-state index is 3.94. The highest BCUT2D eigenvalue weighted by atomic mass is 14.0. The van der Waals surface area contributed by atoms with Crippen LogP contribution < -0.4 is 0 Å². The Balaban J connectivity index is 2.39. The Hall–Kier alpha value is -1.04. The van der Waals surface area contributed by atoms with E-state index in [1.54, 1.807) is 0 Å². The van der Waals surface area contributed by atoms with Crippen LogP contribution in [0.15, 0.2) is 30.8 Å². The molecule has 0 atom stereocenters. The smallest absolute Gasteiger partial charge is 0.0233 e. The second-order valence-corrected chi connectivity index (χ2v) is 4.29. The van der Waals surface area contributed by atoms with Gasteiger partial charge in [-0.15, -0.1) is 0 Å². The van der Waals surface area contributed by atoms with Crippen LogP contribution in [0.2, 0.25) is 0 Å². The van der Waals surface area contributed by atoms with E-state index in [1.807, 2.05) is 0 Å². The summed E-state index contributed by atoms with van der Waals surface area (Å²) >= 11 is 0. The first kappa shape index (κ1) is 12.0. The van der Waals surface area contributed by atoms with E-state index in [2.05, 4.69) is 44.7 Å². The van der Waals surface area contributed by atoms with Gasteiger partial charge in [0.2, 0.25) is 0 Å². The fourth-order valence-corrected chi connectivity index (χ4v) is 1.71. The van der Waals surface area contributed by atoms with Crippen molar-refractivity contribution in [3.05, 3.63) is 42.0 Å². The molecule has 1 aromatic carbocycles. The van der Waals surface area contributed by atoms with Crippen LogP contribution in [0.1, 0.15) is 50.7 Å². The first-order chi connectivity index (χ1) is 7.24. The fraction of sp³-hybridized carbons (Fsp3) is 0.467. The number of hydrogen-bond donors (Lipinski definition) is 0. The van der Waals surface area contributed by atoms with Crippen LogP contribution in [0.4, 0.5) is 0 Å². The van der Waals surface area contributed by atoms with Crippen LogP contribution in [0.3, 0.4) is 0 Å². The predicted molar refractivity (Wildman–Crippen MR) is 69.0 cm³/mol. The lowest BCUT2D eigenvalue weighted by atomic mass is 10.0. The van der Waals surface area contributed by atoms with E-state index >= 15 is 0 Å². The van der Waals surface area contributed by atoms with E-state index in [0.29, 0.717) is 0 Å². The van der Waals surface area contributed by atoms with Crippen LogP contribution in [-0.4, -0.2) is 0 Å². The summed E-state index contributed by atoms with van der Waals surface area (Å²) in [5.74, 6) is 0. The van der Waals surface area contributed by atoms with Crippen molar-refractivity contribution in [2.45, 2.75) is 46.0 Å². The Bertz CT molecular complexity index is 292. The Kier molecular flexibility index (Phi) is 5.17. The predicted octanol–water partition coefficient (Wildman–Crippen LogP) is 4.84. The number of benzene rings is 1. The average Bonchev–Trinajstić information content (AvgIpc) is 2.25. The molecule has 1 aromatic rings. The molecule has 0 N–H and O–H groups in total. The lowest BCUT2D eigenvalue weighted by Crippen LogP contribution is -1.86. The molecular formula is C15H22. The van der Waals surface area contributed by atoms with Gasteiger partial charge < -0.3 is 0 Å². The number of aryl methyl sites for hydroxylation is 1. The van der Waals surface area contributed by atoms with Gasteiger partial charge in [0.25, 0.3) is 0 Å². The molecule has 82 valence electrons. The molecule has 0 bridgehead atoms. The fourth-order valence-electron chi connectivity index (χ4n) is 1.71. The zero-order valence-corrected chi connectivity index (χ0v) is 10.1. The summed E-state index contributed by atoms with van der Waals surface area (Å²) < 4.78 is 0. The number of hydrogen-bond acceptors (Lipinski definition) is 0. The normalized spacial score (nSPS) is 10.3. The van der Waals surface area contributed by atoms with Crippen molar-refractivity contribution in [3.8, 4) is 0 Å². The van der Waals surface area contributed by atoms with Crippen molar-refractivity contribution in [1.82, 2.24) is 0 Å². The molecular weight excluding hydrogens is 180 g/mol. The Labute approximate surface area is 94.0 Å². The molecule has 0 aliphatic rings. The minimum absolute atomic E-state index is 1.15. The summed E-state index contributed by atoms with van der Waals surface area (Å²) in [7, 11) is 0. The summed E-state index contributed by atoms with van der Waals surface area (Å²) in [4.78, 5) is 0. The molecule has 0 fully saturated rings. The zero-order valence-electron chi connectivity index (χ0n) is 10.1. The van der Waals surface area contributed by atoms with Crippen molar-refractivity contribution in [2.24, 2.45) is 0 Å². The molecule has 0 aliphatic carbocycles. The molecule has 0 saturated carbocycles. The number of unbranched alkanes of at least 4 members (excludes halogenated alkanes) is 3. The average molecular weight is 202 g/mol. The van der Waals surface area contributed by atoms with E-state index in [1.165, 1.54) is 43.2 Å². The van der Waals surface area contributed by atoms with Crippen molar-refractivity contribution in [2.75, 3.05) is 0 Å². The van der Waals surface area contributed by atoms with Crippen LogP contribution in [0, 0.1) is 0 Å². The number of rotatable bonds is 6. The molecule has 1 rings (SSSR count). The molecule has 0 aromatic heterocycles. The van der Waals surface area contributed by atoms with E-state index in [4.69, 9.17) is 0 Å². The Morgan fingerprint density at radius 3 is 2.27 bits per heavy atom. The second-order valence-electron chi connectivity index (χ2n) is 4.29. The molecule has 0 nitrogen and oxygen atoms in total. The van der Waals surface area contributed by atoms with Crippen molar-refractivity contribution in [3.63, 3.8) is 0 Å². The third-order valence-corrected chi connectivity index (χ3v) is 2.77. The van der Waals surface area contributed by atoms with Crippen LogP contribution in [-0.2, 0) is 6.42 Å². The van der Waals surface area contributed by atoms with Crippen LogP contribution >= 0.6 is 0 Å². The summed E-state index contributed by atoms with van der Waals surface area (Å²) in [5, 5.41) is 0. The first-order valence-electron chi connectivity index (χ1n) is 5.99. The van der Waals surface area contributed by atoms with Crippen molar-refractivity contribution in [1.29, 1.82) is 0 Å². The van der Waals surface area contributed by atoms with Gasteiger partial charge in [0.1, 0.15) is 0 Å². The lowest BCUT2D eigenvalue weighted by molar-refractivity contribution is 0.667. The van der Waals surface area contributed by atoms with Crippen molar-refractivity contribution >= 4 is 5.57 Å². The summed E-state index contributed by atoms with van der Waals surface area (Å²) in [5.41, 5.74) is 3.86. The topological polar surface area (TPSA) is 0 Å². The van der Waals surface area contributed by atoms with Gasteiger partial charge in [-0.05, 0) is 30.9 Å². The van der Waals surface area contributed by atoms with E-state index in [0.717, 1.165) is 5.57 Å². The molecule has 15 heavy (non-hydrogen) atoms. The second kappa shape index (κ2) is 6.44. The molecule has 0 spiro atoms. The largest absolute Gasteiger partial charge is 0.0955 e. The third-order valence-electron chi connectivity index (χ3n) is 2.77. The minimum Gasteiger partial charge on any atom is -0.0955 e. The van der Waals surface area contributed by atoms with E-state index in [-0.39, 0.29) is 0 Å². The highest BCUT2D eigenvalue weighted by Crippen LogP contribution is 2.14. The van der Waals surface area contributed by atoms with Gasteiger partial charge >= 0.3 is 0 Å². The highest BCUT2D eigenvalue weighted by Gasteiger charge is 1.95. The first-order valence-corrected chi connectivity index (χ1v) is 5.99. The quantitative estimate of drug-likeness (QED) is 0.579. The van der Waals surface area contributed by atoms with Crippen molar-refractivity contribution < 1.29 is 0 Å². The van der Waals surface area contributed by atoms with Gasteiger partial charge in [0.05, 0.1) is 0 Å². The van der Waals surface area contributed by atoms with Gasteiger partial charge in [-0.1, -0.05) is 62.6 Å². The summed E-state index contributed by atoms with van der Waals surface area (Å²) in [6, 6.07) is 8.82. The summed E-state index contributed by atoms with van der Waals surface area (Å²) in [6.07, 6.45) is 6.58. The van der Waals surface area contributed by atoms with Crippen LogP contribution in [0.5, 0.6) is 0 Å². The maximum atomic E-state index is 3.94. The van der Waals surface area contributed by atoms with Gasteiger partial charge in [0.15, 0.2) is 0 Å². The van der Waals surface area contributed by atoms with Gasteiger partial charge in [0, 0.05) is 0 Å². The van der Waals surface area contributed by atoms with E-state index in [9.17, 15) is 0 Å². The molecule has 0 amide bonds. The molecule has 0 heteroatoms. The van der Waals surface area contributed by atoms with Gasteiger partial charge in [-0.3, -0.25) is 0 Å². The van der Waals surface area contributed by atoms with Gasteiger partial charge in [-0.2, -0.15) is 0 Å². The molecule has 0 radical (unpaired) electrons. The Morgan fingerprint density at radius 1 is 1.07 bits per heavy atom. The molecule has 0 heterocycles. The molecule has 0 aliphatic heterocycles. The Morgan fingerprint density at radius 2 is 1.73 bits per heavy atom. The van der Waals surface area contributed by atoms with Crippen LogP contribution in [0.25, 0.3) is 5.57 Å². The SMILES string of the molecule is C=C(C)c1ccc(CCCCCC)cc1. The molecule has 0 unspecified atom stereocenters. The number of allylic oxidation sites excluding steroid dienone is 1. The van der Waals surface area contributed by atoms with Gasteiger partial charge in [-0.25, -0.2) is 0 Å². The lowest BCUT2D eigenvalue weighted by Gasteiger charge is -2.03. The summed E-state index contributed by atoms with van der Waals surface area (Å²) in [6.45, 7) is 8.25.